The molecule has 1 unspecified atom stereocenters. The first-order valence-corrected chi connectivity index (χ1v) is 5.96. The normalized spacial score (nSPS) is 12.0. The molecule has 0 saturated carbocycles. The van der Waals surface area contributed by atoms with Gasteiger partial charge in [0.1, 0.15) is 5.82 Å². The van der Waals surface area contributed by atoms with Crippen molar-refractivity contribution in [2.24, 2.45) is 0 Å². The van der Waals surface area contributed by atoms with Crippen molar-refractivity contribution in [1.82, 2.24) is 5.32 Å². The highest BCUT2D eigenvalue weighted by molar-refractivity contribution is 5.95. The third-order valence-electron chi connectivity index (χ3n) is 2.71. The molecule has 0 bridgehead atoms. The molecule has 0 aliphatic carbocycles. The number of aliphatic hydroxyl groups excluding tert-OH is 1. The Morgan fingerprint density at radius 1 is 1.45 bits per heavy atom. The zero-order chi connectivity index (χ0) is 15.3. The van der Waals surface area contributed by atoms with E-state index in [4.69, 9.17) is 0 Å². The van der Waals surface area contributed by atoms with E-state index in [1.54, 1.807) is 6.92 Å². The Labute approximate surface area is 113 Å². The van der Waals surface area contributed by atoms with Crippen LogP contribution in [0.5, 0.6) is 0 Å². The van der Waals surface area contributed by atoms with E-state index < -0.39 is 39.8 Å². The Kier molecular flexibility index (Phi) is 5.51. The van der Waals surface area contributed by atoms with E-state index in [-0.39, 0.29) is 13.0 Å². The number of benzene rings is 1. The lowest BCUT2D eigenvalue weighted by Crippen LogP contribution is -2.28. The predicted octanol–water partition coefficient (Wildman–Crippen LogP) is 1.76. The van der Waals surface area contributed by atoms with Crippen LogP contribution < -0.4 is 5.32 Å². The first-order chi connectivity index (χ1) is 9.36. The molecule has 0 aliphatic rings. The molecule has 2 N–H and O–H groups in total. The van der Waals surface area contributed by atoms with E-state index in [1.165, 1.54) is 0 Å². The molecule has 6 nitrogen and oxygen atoms in total. The van der Waals surface area contributed by atoms with E-state index in [9.17, 15) is 28.8 Å². The van der Waals surface area contributed by atoms with Crippen molar-refractivity contribution in [2.45, 2.75) is 25.9 Å². The number of nitrogens with zero attached hydrogens (tertiary/aromatic N) is 1. The average molecular weight is 288 g/mol. The number of nitrogens with one attached hydrogen (secondary N) is 1. The smallest absolute Gasteiger partial charge is 0.305 e. The van der Waals surface area contributed by atoms with Gasteiger partial charge in [0.2, 0.25) is 5.82 Å². The van der Waals surface area contributed by atoms with Crippen molar-refractivity contribution in [3.8, 4) is 0 Å². The number of amides is 1. The maximum atomic E-state index is 13.4. The van der Waals surface area contributed by atoms with Crippen LogP contribution in [0.25, 0.3) is 0 Å². The molecule has 0 spiro atoms. The Bertz CT molecular complexity index is 522. The summed E-state index contributed by atoms with van der Waals surface area (Å²) >= 11 is 0. The standard InChI is InChI=1S/C12H14F2N2O4/c1-2-7(17)3-4-15-12(18)8-5-11(16(19)20)10(14)6-9(8)13/h5-7,17H,2-4H2,1H3,(H,15,18). The molecule has 110 valence electrons. The second-order valence-corrected chi connectivity index (χ2v) is 4.15. The minimum absolute atomic E-state index is 0.0818. The molecule has 0 aromatic heterocycles. The molecule has 8 heteroatoms. The number of carbonyl (C=O) groups excluding carboxylic acids is 1. The fraction of sp³-hybridized carbons (Fsp3) is 0.417. The highest BCUT2D eigenvalue weighted by atomic mass is 19.1. The van der Waals surface area contributed by atoms with Crippen LogP contribution in [0, 0.1) is 21.7 Å². The quantitative estimate of drug-likeness (QED) is 0.616. The zero-order valence-electron chi connectivity index (χ0n) is 10.7. The number of carbonyl (C=O) groups is 1. The third-order valence-corrected chi connectivity index (χ3v) is 2.71. The molecule has 0 saturated heterocycles. The van der Waals surface area contributed by atoms with Crippen molar-refractivity contribution in [1.29, 1.82) is 0 Å². The lowest BCUT2D eigenvalue weighted by molar-refractivity contribution is -0.387. The highest BCUT2D eigenvalue weighted by Gasteiger charge is 2.22. The number of halogens is 2. The Hall–Kier alpha value is -2.09. The summed E-state index contributed by atoms with van der Waals surface area (Å²) in [5.41, 5.74) is -1.57. The SMILES string of the molecule is CCC(O)CCNC(=O)c1cc([N+](=O)[O-])c(F)cc1F. The van der Waals surface area contributed by atoms with Gasteiger partial charge in [0.15, 0.2) is 0 Å². The van der Waals surface area contributed by atoms with E-state index in [1.807, 2.05) is 0 Å². The Morgan fingerprint density at radius 2 is 2.10 bits per heavy atom. The summed E-state index contributed by atoms with van der Waals surface area (Å²) in [6.07, 6.45) is 0.182. The summed E-state index contributed by atoms with van der Waals surface area (Å²) in [5, 5.41) is 22.1. The number of nitro groups is 1. The third kappa shape index (κ3) is 3.95. The van der Waals surface area contributed by atoms with Crippen molar-refractivity contribution in [2.75, 3.05) is 6.54 Å². The van der Waals surface area contributed by atoms with Gasteiger partial charge in [-0.25, -0.2) is 4.39 Å². The van der Waals surface area contributed by atoms with Gasteiger partial charge in [-0.1, -0.05) is 6.92 Å². The number of hydrogen-bond donors (Lipinski definition) is 2. The second-order valence-electron chi connectivity index (χ2n) is 4.15. The molecular formula is C12H14F2N2O4. The van der Waals surface area contributed by atoms with E-state index in [2.05, 4.69) is 5.32 Å². The Morgan fingerprint density at radius 3 is 2.65 bits per heavy atom. The van der Waals surface area contributed by atoms with E-state index >= 15 is 0 Å². The molecular weight excluding hydrogens is 274 g/mol. The molecule has 20 heavy (non-hydrogen) atoms. The fourth-order valence-electron chi connectivity index (χ4n) is 1.50. The molecule has 1 amide bonds. The number of hydrogen-bond acceptors (Lipinski definition) is 4. The lowest BCUT2D eigenvalue weighted by Gasteiger charge is -2.09. The maximum Gasteiger partial charge on any atom is 0.305 e. The molecule has 1 aromatic carbocycles. The molecule has 0 fully saturated rings. The van der Waals surface area contributed by atoms with Crippen LogP contribution in [0.3, 0.4) is 0 Å². The number of rotatable bonds is 6. The van der Waals surface area contributed by atoms with Crippen LogP contribution in [0.4, 0.5) is 14.5 Å². The van der Waals surface area contributed by atoms with Crippen molar-refractivity contribution < 1.29 is 23.6 Å². The largest absolute Gasteiger partial charge is 0.393 e. The summed E-state index contributed by atoms with van der Waals surface area (Å²) in [4.78, 5) is 21.1. The summed E-state index contributed by atoms with van der Waals surface area (Å²) < 4.78 is 26.5. The van der Waals surface area contributed by atoms with Gasteiger partial charge in [0.25, 0.3) is 5.91 Å². The first-order valence-electron chi connectivity index (χ1n) is 5.96. The zero-order valence-corrected chi connectivity index (χ0v) is 10.7. The van der Waals surface area contributed by atoms with Gasteiger partial charge in [-0.3, -0.25) is 14.9 Å². The highest BCUT2D eigenvalue weighted by Crippen LogP contribution is 2.21. The van der Waals surface area contributed by atoms with Crippen molar-refractivity contribution in [3.63, 3.8) is 0 Å². The molecule has 1 atom stereocenters. The van der Waals surface area contributed by atoms with Crippen LogP contribution >= 0.6 is 0 Å². The van der Waals surface area contributed by atoms with Gasteiger partial charge in [-0.15, -0.1) is 0 Å². The van der Waals surface area contributed by atoms with E-state index in [0.717, 1.165) is 0 Å². The number of nitro benzene ring substituents is 1. The average Bonchev–Trinajstić information content (AvgIpc) is 2.37. The van der Waals surface area contributed by atoms with Crippen LogP contribution in [0.1, 0.15) is 30.1 Å². The van der Waals surface area contributed by atoms with Gasteiger partial charge in [0, 0.05) is 18.7 Å². The van der Waals surface area contributed by atoms with Gasteiger partial charge in [0.05, 0.1) is 16.6 Å². The minimum Gasteiger partial charge on any atom is -0.393 e. The van der Waals surface area contributed by atoms with Crippen LogP contribution in [-0.2, 0) is 0 Å². The summed E-state index contributed by atoms with van der Waals surface area (Å²) in [7, 11) is 0. The van der Waals surface area contributed by atoms with Gasteiger partial charge in [-0.05, 0) is 12.8 Å². The number of aliphatic hydroxyl groups is 1. The molecule has 0 radical (unpaired) electrons. The molecule has 0 aliphatic heterocycles. The summed E-state index contributed by atoms with van der Waals surface area (Å²) in [6, 6.07) is 0.851. The van der Waals surface area contributed by atoms with Crippen LogP contribution in [0.15, 0.2) is 12.1 Å². The summed E-state index contributed by atoms with van der Waals surface area (Å²) in [6.45, 7) is 1.84. The summed E-state index contributed by atoms with van der Waals surface area (Å²) in [5.74, 6) is -3.42. The van der Waals surface area contributed by atoms with Gasteiger partial charge >= 0.3 is 5.69 Å². The topological polar surface area (TPSA) is 92.5 Å². The minimum atomic E-state index is -1.34. The molecule has 0 heterocycles. The van der Waals surface area contributed by atoms with Gasteiger partial charge < -0.3 is 10.4 Å². The Balaban J connectivity index is 2.82. The molecule has 1 aromatic rings. The van der Waals surface area contributed by atoms with Crippen LogP contribution in [0.2, 0.25) is 0 Å². The monoisotopic (exact) mass is 288 g/mol. The lowest BCUT2D eigenvalue weighted by atomic mass is 10.1. The maximum absolute atomic E-state index is 13.4. The van der Waals surface area contributed by atoms with Gasteiger partial charge in [-0.2, -0.15) is 4.39 Å². The van der Waals surface area contributed by atoms with E-state index in [0.29, 0.717) is 18.6 Å². The fourth-order valence-corrected chi connectivity index (χ4v) is 1.50. The molecule has 1 rings (SSSR count). The van der Waals surface area contributed by atoms with Crippen molar-refractivity contribution in [3.05, 3.63) is 39.4 Å². The van der Waals surface area contributed by atoms with Crippen LogP contribution in [-0.4, -0.2) is 28.6 Å². The van der Waals surface area contributed by atoms with Crippen molar-refractivity contribution >= 4 is 11.6 Å². The second kappa shape index (κ2) is 6.90. The first kappa shape index (κ1) is 16.0. The predicted molar refractivity (Wildman–Crippen MR) is 66.3 cm³/mol.